The zero-order chi connectivity index (χ0) is 20.3. The molecule has 2 aromatic carbocycles. The average molecular weight is 379 g/mol. The predicted molar refractivity (Wildman–Crippen MR) is 107 cm³/mol. The summed E-state index contributed by atoms with van der Waals surface area (Å²) in [5, 5.41) is 4.02. The predicted octanol–water partition coefficient (Wildman–Crippen LogP) is 4.09. The second-order valence-electron chi connectivity index (χ2n) is 7.10. The lowest BCUT2D eigenvalue weighted by Gasteiger charge is -2.21. The number of carbonyl (C=O) groups is 1. The summed E-state index contributed by atoms with van der Waals surface area (Å²) >= 11 is 0. The summed E-state index contributed by atoms with van der Waals surface area (Å²) in [5.74, 6) is 1.44. The van der Waals surface area contributed by atoms with E-state index in [9.17, 15) is 4.79 Å². The van der Waals surface area contributed by atoms with Gasteiger partial charge in [0.2, 0.25) is 11.7 Å². The van der Waals surface area contributed by atoms with Gasteiger partial charge in [-0.1, -0.05) is 46.6 Å². The lowest BCUT2D eigenvalue weighted by Crippen LogP contribution is -2.37. The van der Waals surface area contributed by atoms with Crippen molar-refractivity contribution in [2.75, 3.05) is 7.05 Å². The first-order valence-corrected chi connectivity index (χ1v) is 9.22. The summed E-state index contributed by atoms with van der Waals surface area (Å²) in [6.45, 7) is 7.96. The molecule has 0 radical (unpaired) electrons. The van der Waals surface area contributed by atoms with Crippen LogP contribution in [-0.4, -0.2) is 34.1 Å². The van der Waals surface area contributed by atoms with E-state index in [4.69, 9.17) is 9.26 Å². The largest absolute Gasteiger partial charge is 0.481 e. The number of likely N-dealkylation sites (N-methyl/N-ethyl adjacent to an activating group) is 1. The molecule has 28 heavy (non-hydrogen) atoms. The number of aryl methyl sites for hydroxylation is 3. The smallest absolute Gasteiger partial charge is 0.263 e. The Labute approximate surface area is 165 Å². The highest BCUT2D eigenvalue weighted by molar-refractivity contribution is 5.80. The minimum atomic E-state index is -0.620. The van der Waals surface area contributed by atoms with E-state index in [1.807, 2.05) is 63.2 Å². The summed E-state index contributed by atoms with van der Waals surface area (Å²) in [4.78, 5) is 18.6. The maximum Gasteiger partial charge on any atom is 0.263 e. The highest BCUT2D eigenvalue weighted by Gasteiger charge is 2.22. The van der Waals surface area contributed by atoms with E-state index in [2.05, 4.69) is 10.1 Å². The number of nitrogens with zero attached hydrogens (tertiary/aromatic N) is 3. The van der Waals surface area contributed by atoms with Crippen molar-refractivity contribution >= 4 is 5.91 Å². The van der Waals surface area contributed by atoms with Gasteiger partial charge in [0.05, 0.1) is 6.54 Å². The van der Waals surface area contributed by atoms with Crippen molar-refractivity contribution < 1.29 is 14.1 Å². The maximum atomic E-state index is 12.7. The molecule has 0 bridgehead atoms. The Morgan fingerprint density at radius 1 is 1.14 bits per heavy atom. The Morgan fingerprint density at radius 3 is 2.61 bits per heavy atom. The van der Waals surface area contributed by atoms with Crippen molar-refractivity contribution in [1.29, 1.82) is 0 Å². The Bertz CT molecular complexity index is 981. The van der Waals surface area contributed by atoms with Crippen LogP contribution in [0.2, 0.25) is 0 Å². The molecular weight excluding hydrogens is 354 g/mol. The molecule has 146 valence electrons. The number of amides is 1. The van der Waals surface area contributed by atoms with Crippen molar-refractivity contribution in [2.45, 2.75) is 40.3 Å². The molecule has 1 amide bonds. The number of aromatic nitrogens is 2. The fourth-order valence-electron chi connectivity index (χ4n) is 2.98. The molecule has 0 N–H and O–H groups in total. The van der Waals surface area contributed by atoms with Gasteiger partial charge in [0.15, 0.2) is 6.10 Å². The summed E-state index contributed by atoms with van der Waals surface area (Å²) in [6, 6.07) is 13.8. The Balaban J connectivity index is 1.64. The molecule has 6 nitrogen and oxygen atoms in total. The standard InChI is InChI=1S/C22H25N3O3/c1-14-7-6-8-18(12-14)21-23-20(28-24-21)13-25(5)22(26)17(4)27-19-10-9-15(2)11-16(19)3/h6-12,17H,13H2,1-5H3. The van der Waals surface area contributed by atoms with Gasteiger partial charge < -0.3 is 14.2 Å². The van der Waals surface area contributed by atoms with E-state index in [1.165, 1.54) is 4.90 Å². The van der Waals surface area contributed by atoms with Gasteiger partial charge in [0.1, 0.15) is 5.75 Å². The van der Waals surface area contributed by atoms with Crippen molar-refractivity contribution in [2.24, 2.45) is 0 Å². The van der Waals surface area contributed by atoms with E-state index in [0.717, 1.165) is 22.3 Å². The normalized spacial score (nSPS) is 11.9. The number of ether oxygens (including phenoxy) is 1. The fraction of sp³-hybridized carbons (Fsp3) is 0.318. The molecule has 6 heteroatoms. The van der Waals surface area contributed by atoms with E-state index in [1.54, 1.807) is 14.0 Å². The summed E-state index contributed by atoms with van der Waals surface area (Å²) in [5.41, 5.74) is 4.16. The van der Waals surface area contributed by atoms with Crippen LogP contribution in [0.4, 0.5) is 0 Å². The van der Waals surface area contributed by atoms with E-state index in [0.29, 0.717) is 17.5 Å². The Morgan fingerprint density at radius 2 is 1.89 bits per heavy atom. The van der Waals surface area contributed by atoms with Gasteiger partial charge in [-0.15, -0.1) is 0 Å². The van der Waals surface area contributed by atoms with Crippen LogP contribution < -0.4 is 4.74 Å². The monoisotopic (exact) mass is 379 g/mol. The highest BCUT2D eigenvalue weighted by atomic mass is 16.5. The van der Waals surface area contributed by atoms with Gasteiger partial charge in [-0.2, -0.15) is 4.98 Å². The summed E-state index contributed by atoms with van der Waals surface area (Å²) < 4.78 is 11.2. The third-order valence-corrected chi connectivity index (χ3v) is 4.47. The molecule has 1 unspecified atom stereocenters. The molecule has 0 fully saturated rings. The second kappa shape index (κ2) is 8.25. The number of rotatable bonds is 6. The number of hydrogen-bond acceptors (Lipinski definition) is 5. The SMILES string of the molecule is Cc1cccc(-c2noc(CN(C)C(=O)C(C)Oc3ccc(C)cc3C)n2)c1. The van der Waals surface area contributed by atoms with Crippen molar-refractivity contribution in [3.8, 4) is 17.1 Å². The molecule has 0 saturated carbocycles. The molecule has 0 spiro atoms. The molecule has 1 heterocycles. The summed E-state index contributed by atoms with van der Waals surface area (Å²) in [7, 11) is 1.70. The van der Waals surface area contributed by atoms with Crippen molar-refractivity contribution in [1.82, 2.24) is 15.0 Å². The first kappa shape index (κ1) is 19.6. The van der Waals surface area contributed by atoms with Crippen LogP contribution in [0, 0.1) is 20.8 Å². The lowest BCUT2D eigenvalue weighted by atomic mass is 10.1. The molecule has 0 aliphatic heterocycles. The highest BCUT2D eigenvalue weighted by Crippen LogP contribution is 2.21. The topological polar surface area (TPSA) is 68.5 Å². The minimum Gasteiger partial charge on any atom is -0.481 e. The molecular formula is C22H25N3O3. The average Bonchev–Trinajstić information content (AvgIpc) is 3.11. The number of benzene rings is 2. The molecule has 1 aromatic heterocycles. The van der Waals surface area contributed by atoms with E-state index < -0.39 is 6.10 Å². The zero-order valence-corrected chi connectivity index (χ0v) is 16.9. The molecule has 3 rings (SSSR count). The van der Waals surface area contributed by atoms with Gasteiger partial charge in [-0.05, 0) is 45.4 Å². The fourth-order valence-corrected chi connectivity index (χ4v) is 2.98. The van der Waals surface area contributed by atoms with Crippen molar-refractivity contribution in [3.05, 3.63) is 65.0 Å². The van der Waals surface area contributed by atoms with Gasteiger partial charge in [-0.25, -0.2) is 0 Å². The quantitative estimate of drug-likeness (QED) is 0.645. The van der Waals surface area contributed by atoms with Crippen LogP contribution in [0.3, 0.4) is 0 Å². The lowest BCUT2D eigenvalue weighted by molar-refractivity contribution is -0.137. The third-order valence-electron chi connectivity index (χ3n) is 4.47. The summed E-state index contributed by atoms with van der Waals surface area (Å²) in [6.07, 6.45) is -0.620. The third kappa shape index (κ3) is 4.57. The molecule has 0 aliphatic carbocycles. The van der Waals surface area contributed by atoms with Gasteiger partial charge >= 0.3 is 0 Å². The first-order valence-electron chi connectivity index (χ1n) is 9.22. The van der Waals surface area contributed by atoms with Crippen LogP contribution in [0.25, 0.3) is 11.4 Å². The van der Waals surface area contributed by atoms with Crippen LogP contribution in [0.1, 0.15) is 29.5 Å². The van der Waals surface area contributed by atoms with Crippen LogP contribution >= 0.6 is 0 Å². The zero-order valence-electron chi connectivity index (χ0n) is 16.9. The van der Waals surface area contributed by atoms with Gasteiger partial charge in [0, 0.05) is 12.6 Å². The van der Waals surface area contributed by atoms with E-state index in [-0.39, 0.29) is 12.5 Å². The van der Waals surface area contributed by atoms with Crippen LogP contribution in [-0.2, 0) is 11.3 Å². The Hall–Kier alpha value is -3.15. The minimum absolute atomic E-state index is 0.157. The van der Waals surface area contributed by atoms with Crippen LogP contribution in [0.5, 0.6) is 5.75 Å². The molecule has 3 aromatic rings. The number of carbonyl (C=O) groups excluding carboxylic acids is 1. The Kier molecular flexibility index (Phi) is 5.78. The van der Waals surface area contributed by atoms with E-state index >= 15 is 0 Å². The van der Waals surface area contributed by atoms with Gasteiger partial charge in [0.25, 0.3) is 5.91 Å². The van der Waals surface area contributed by atoms with Crippen LogP contribution in [0.15, 0.2) is 47.0 Å². The van der Waals surface area contributed by atoms with Gasteiger partial charge in [-0.3, -0.25) is 4.79 Å². The molecule has 0 saturated heterocycles. The van der Waals surface area contributed by atoms with Crippen molar-refractivity contribution in [3.63, 3.8) is 0 Å². The molecule has 1 atom stereocenters. The molecule has 0 aliphatic rings. The maximum absolute atomic E-state index is 12.7. The second-order valence-corrected chi connectivity index (χ2v) is 7.10. The first-order chi connectivity index (χ1) is 13.3. The number of hydrogen-bond donors (Lipinski definition) is 0.